The molecule has 0 fully saturated rings. The van der Waals surface area contributed by atoms with Crippen molar-refractivity contribution >= 4 is 41.1 Å². The van der Waals surface area contributed by atoms with Crippen LogP contribution in [0.3, 0.4) is 0 Å². The molecule has 0 saturated carbocycles. The zero-order chi connectivity index (χ0) is 24.9. The Kier molecular flexibility index (Phi) is 8.11. The lowest BCUT2D eigenvalue weighted by molar-refractivity contribution is 0.288. The van der Waals surface area contributed by atoms with E-state index in [1.54, 1.807) is 0 Å². The summed E-state index contributed by atoms with van der Waals surface area (Å²) in [6, 6.07) is 28.2. The van der Waals surface area contributed by atoms with Crippen LogP contribution in [0, 0.1) is 6.92 Å². The van der Waals surface area contributed by atoms with Crippen molar-refractivity contribution in [2.24, 2.45) is 0 Å². The molecule has 0 amide bonds. The number of aryl methyl sites for hydroxylation is 2. The number of aromatic nitrogens is 1. The zero-order valence-corrected chi connectivity index (χ0v) is 23.1. The first kappa shape index (κ1) is 25.6. The van der Waals surface area contributed by atoms with Gasteiger partial charge in [0.1, 0.15) is 0 Å². The molecule has 0 aliphatic carbocycles. The van der Waals surface area contributed by atoms with E-state index in [0.717, 1.165) is 31.6 Å². The van der Waals surface area contributed by atoms with Crippen molar-refractivity contribution in [2.45, 2.75) is 57.9 Å². The molecule has 0 N–H and O–H groups in total. The van der Waals surface area contributed by atoms with Crippen LogP contribution < -0.4 is 10.4 Å². The van der Waals surface area contributed by atoms with E-state index < -0.39 is 8.32 Å². The standard InChI is InChI=1S/C31H36ClNOSi/c1-24-14-13-20-27-28(30(22-32)33-23-29(24)27)19-11-12-21-34-35(31(2,3)4,25-15-7-5-8-16-25)26-17-9-6-10-18-26/h5-10,13-18,20,23H,11-12,19,21-22H2,1-4H3. The summed E-state index contributed by atoms with van der Waals surface area (Å²) in [5, 5.41) is 5.16. The van der Waals surface area contributed by atoms with Gasteiger partial charge in [-0.25, -0.2) is 0 Å². The Morgan fingerprint density at radius 3 is 2.00 bits per heavy atom. The fourth-order valence-corrected chi connectivity index (χ4v) is 10.1. The van der Waals surface area contributed by atoms with Crippen LogP contribution in [0.2, 0.25) is 5.04 Å². The number of alkyl halides is 1. The molecule has 0 aliphatic rings. The minimum absolute atomic E-state index is 0.00141. The molecule has 182 valence electrons. The second-order valence-electron chi connectivity index (χ2n) is 10.3. The summed E-state index contributed by atoms with van der Waals surface area (Å²) in [4.78, 5) is 4.68. The lowest BCUT2D eigenvalue weighted by Crippen LogP contribution is -2.66. The molecule has 0 aliphatic heterocycles. The van der Waals surface area contributed by atoms with E-state index in [1.165, 1.54) is 32.3 Å². The molecule has 1 heterocycles. The molecule has 0 atom stereocenters. The summed E-state index contributed by atoms with van der Waals surface area (Å²) in [6.45, 7) is 9.87. The van der Waals surface area contributed by atoms with Crippen LogP contribution in [0.1, 0.15) is 50.4 Å². The molecule has 3 aromatic carbocycles. The van der Waals surface area contributed by atoms with Gasteiger partial charge < -0.3 is 4.43 Å². The second kappa shape index (κ2) is 11.1. The molecule has 35 heavy (non-hydrogen) atoms. The summed E-state index contributed by atoms with van der Waals surface area (Å²) >= 11 is 6.28. The van der Waals surface area contributed by atoms with E-state index >= 15 is 0 Å². The first-order chi connectivity index (χ1) is 16.9. The quantitative estimate of drug-likeness (QED) is 0.138. The first-order valence-electron chi connectivity index (χ1n) is 12.6. The van der Waals surface area contributed by atoms with Crippen molar-refractivity contribution < 1.29 is 4.43 Å². The van der Waals surface area contributed by atoms with E-state index in [0.29, 0.717) is 5.88 Å². The highest BCUT2D eigenvalue weighted by molar-refractivity contribution is 6.99. The number of benzene rings is 3. The van der Waals surface area contributed by atoms with Crippen LogP contribution in [-0.2, 0) is 16.7 Å². The van der Waals surface area contributed by atoms with Gasteiger partial charge in [0.15, 0.2) is 0 Å². The first-order valence-corrected chi connectivity index (χ1v) is 15.0. The van der Waals surface area contributed by atoms with Gasteiger partial charge in [-0.2, -0.15) is 0 Å². The van der Waals surface area contributed by atoms with Gasteiger partial charge in [-0.1, -0.05) is 99.6 Å². The Hall–Kier alpha value is -2.46. The Labute approximate surface area is 216 Å². The van der Waals surface area contributed by atoms with Crippen molar-refractivity contribution in [3.05, 3.63) is 102 Å². The fourth-order valence-electron chi connectivity index (χ4n) is 5.28. The molecule has 1 aromatic heterocycles. The highest BCUT2D eigenvalue weighted by atomic mass is 35.5. The smallest absolute Gasteiger partial charge is 0.261 e. The molecular formula is C31H36ClNOSi. The van der Waals surface area contributed by atoms with Crippen LogP contribution in [0.5, 0.6) is 0 Å². The van der Waals surface area contributed by atoms with Crippen LogP contribution in [0.4, 0.5) is 0 Å². The maximum Gasteiger partial charge on any atom is 0.261 e. The molecule has 4 rings (SSSR count). The van der Waals surface area contributed by atoms with Crippen molar-refractivity contribution in [2.75, 3.05) is 6.61 Å². The monoisotopic (exact) mass is 501 g/mol. The molecular weight excluding hydrogens is 466 g/mol. The maximum absolute atomic E-state index is 7.06. The minimum atomic E-state index is -2.48. The van der Waals surface area contributed by atoms with E-state index in [4.69, 9.17) is 16.0 Å². The van der Waals surface area contributed by atoms with Crippen LogP contribution in [0.15, 0.2) is 85.1 Å². The largest absolute Gasteiger partial charge is 0.407 e. The fraction of sp³-hybridized carbons (Fsp3) is 0.323. The molecule has 0 unspecified atom stereocenters. The third-order valence-electron chi connectivity index (χ3n) is 7.03. The topological polar surface area (TPSA) is 22.1 Å². The molecule has 4 heteroatoms. The van der Waals surface area contributed by atoms with Gasteiger partial charge in [-0.15, -0.1) is 11.6 Å². The van der Waals surface area contributed by atoms with Crippen LogP contribution in [0.25, 0.3) is 10.8 Å². The Bertz CT molecular complexity index is 1210. The van der Waals surface area contributed by atoms with E-state index in [2.05, 4.69) is 112 Å². The number of unbranched alkanes of at least 4 members (excludes halogenated alkanes) is 1. The molecule has 4 aromatic rings. The average molecular weight is 502 g/mol. The average Bonchev–Trinajstić information content (AvgIpc) is 2.86. The summed E-state index contributed by atoms with van der Waals surface area (Å²) in [5.41, 5.74) is 3.54. The molecule has 0 saturated heterocycles. The third-order valence-corrected chi connectivity index (χ3v) is 12.3. The van der Waals surface area contributed by atoms with Gasteiger partial charge in [0.25, 0.3) is 8.32 Å². The number of fused-ring (bicyclic) bond motifs is 1. The van der Waals surface area contributed by atoms with Gasteiger partial charge in [0.05, 0.1) is 11.6 Å². The summed E-state index contributed by atoms with van der Waals surface area (Å²) in [5.74, 6) is 0.442. The summed E-state index contributed by atoms with van der Waals surface area (Å²) in [6.07, 6.45) is 4.96. The van der Waals surface area contributed by atoms with Gasteiger partial charge in [0.2, 0.25) is 0 Å². The van der Waals surface area contributed by atoms with Gasteiger partial charge in [-0.3, -0.25) is 4.98 Å². The molecule has 0 spiro atoms. The van der Waals surface area contributed by atoms with Crippen molar-refractivity contribution in [1.29, 1.82) is 0 Å². The van der Waals surface area contributed by atoms with Crippen molar-refractivity contribution in [3.63, 3.8) is 0 Å². The second-order valence-corrected chi connectivity index (χ2v) is 14.9. The predicted octanol–water partition coefficient (Wildman–Crippen LogP) is 7.18. The van der Waals surface area contributed by atoms with Gasteiger partial charge in [-0.05, 0) is 58.1 Å². The van der Waals surface area contributed by atoms with Crippen LogP contribution in [-0.4, -0.2) is 19.9 Å². The Morgan fingerprint density at radius 1 is 0.800 bits per heavy atom. The highest BCUT2D eigenvalue weighted by Gasteiger charge is 2.49. The van der Waals surface area contributed by atoms with Gasteiger partial charge in [0, 0.05) is 18.2 Å². The van der Waals surface area contributed by atoms with Crippen molar-refractivity contribution in [3.8, 4) is 0 Å². The molecule has 2 nitrogen and oxygen atoms in total. The highest BCUT2D eigenvalue weighted by Crippen LogP contribution is 2.37. The number of hydrogen-bond acceptors (Lipinski definition) is 2. The van der Waals surface area contributed by atoms with E-state index in [-0.39, 0.29) is 5.04 Å². The zero-order valence-electron chi connectivity index (χ0n) is 21.4. The number of halogens is 1. The Morgan fingerprint density at radius 2 is 1.43 bits per heavy atom. The predicted molar refractivity (Wildman–Crippen MR) is 153 cm³/mol. The van der Waals surface area contributed by atoms with Crippen LogP contribution >= 0.6 is 11.6 Å². The third kappa shape index (κ3) is 5.23. The summed E-state index contributed by atoms with van der Waals surface area (Å²) < 4.78 is 7.06. The lowest BCUT2D eigenvalue weighted by atomic mass is 9.98. The number of hydrogen-bond donors (Lipinski definition) is 0. The lowest BCUT2D eigenvalue weighted by Gasteiger charge is -2.43. The summed E-state index contributed by atoms with van der Waals surface area (Å²) in [7, 11) is -2.48. The normalized spacial score (nSPS) is 12.3. The van der Waals surface area contributed by atoms with E-state index in [9.17, 15) is 0 Å². The number of pyridine rings is 1. The number of nitrogens with zero attached hydrogens (tertiary/aromatic N) is 1. The number of rotatable bonds is 9. The molecule has 0 radical (unpaired) electrons. The molecule has 0 bridgehead atoms. The van der Waals surface area contributed by atoms with E-state index in [1.807, 2.05) is 6.20 Å². The maximum atomic E-state index is 7.06. The minimum Gasteiger partial charge on any atom is -0.407 e. The van der Waals surface area contributed by atoms with Crippen molar-refractivity contribution in [1.82, 2.24) is 4.98 Å². The SMILES string of the molecule is Cc1cccc2c(CCCCO[Si](c3ccccc3)(c3ccccc3)C(C)(C)C)c(CCl)ncc12. The Balaban J connectivity index is 1.56. The van der Waals surface area contributed by atoms with Gasteiger partial charge >= 0.3 is 0 Å².